The zero-order chi connectivity index (χ0) is 15.8. The van der Waals surface area contributed by atoms with Crippen LogP contribution in [-0.4, -0.2) is 36.9 Å². The zero-order valence-electron chi connectivity index (χ0n) is 11.8. The van der Waals surface area contributed by atoms with Crippen molar-refractivity contribution in [3.8, 4) is 0 Å². The normalized spacial score (nSPS) is 10.7. The summed E-state index contributed by atoms with van der Waals surface area (Å²) in [6, 6.07) is 3.68. The van der Waals surface area contributed by atoms with Gasteiger partial charge in [0.05, 0.1) is 22.1 Å². The average Bonchev–Trinajstić information content (AvgIpc) is 2.44. The van der Waals surface area contributed by atoms with E-state index in [1.807, 2.05) is 13.8 Å². The molecule has 0 bridgehead atoms. The number of carbonyl (C=O) groups is 1. The molecule has 0 aliphatic heterocycles. The van der Waals surface area contributed by atoms with Crippen LogP contribution in [0, 0.1) is 10.1 Å². The van der Waals surface area contributed by atoms with Crippen molar-refractivity contribution in [1.29, 1.82) is 0 Å². The van der Waals surface area contributed by atoms with Crippen LogP contribution in [0.4, 0.5) is 5.69 Å². The molecule has 0 radical (unpaired) electrons. The number of carbonyl (C=O) groups excluding carboxylic acids is 1. The number of ether oxygens (including phenoxy) is 2. The van der Waals surface area contributed by atoms with E-state index in [0.29, 0.717) is 13.2 Å². The topological polar surface area (TPSA) is 90.7 Å². The lowest BCUT2D eigenvalue weighted by Gasteiger charge is -2.17. The zero-order valence-corrected chi connectivity index (χ0v) is 12.6. The number of rotatable bonds is 8. The maximum Gasteiger partial charge on any atom is 0.270 e. The molecule has 0 saturated carbocycles. The predicted molar refractivity (Wildman–Crippen MR) is 77.5 cm³/mol. The minimum atomic E-state index is -0.576. The van der Waals surface area contributed by atoms with Crippen LogP contribution in [0.25, 0.3) is 0 Å². The lowest BCUT2D eigenvalue weighted by molar-refractivity contribution is -0.384. The molecule has 1 N–H and O–H groups in total. The van der Waals surface area contributed by atoms with Crippen LogP contribution < -0.4 is 5.32 Å². The van der Waals surface area contributed by atoms with Gasteiger partial charge in [0.15, 0.2) is 6.29 Å². The van der Waals surface area contributed by atoms with Gasteiger partial charge in [0.2, 0.25) is 0 Å². The molecule has 0 aromatic heterocycles. The molecular formula is C13H17ClN2O5. The van der Waals surface area contributed by atoms with Crippen LogP contribution in [0.3, 0.4) is 0 Å². The lowest BCUT2D eigenvalue weighted by atomic mass is 10.2. The largest absolute Gasteiger partial charge is 0.351 e. The van der Waals surface area contributed by atoms with Gasteiger partial charge in [-0.2, -0.15) is 0 Å². The fourth-order valence-electron chi connectivity index (χ4n) is 1.61. The summed E-state index contributed by atoms with van der Waals surface area (Å²) >= 11 is 5.88. The predicted octanol–water partition coefficient (Wildman–Crippen LogP) is 2.38. The molecule has 116 valence electrons. The SMILES string of the molecule is CCOC(CNC(=O)c1ccc([N+](=O)[O-])cc1Cl)OCC. The molecule has 0 heterocycles. The fourth-order valence-corrected chi connectivity index (χ4v) is 1.87. The molecule has 0 atom stereocenters. The first-order valence-electron chi connectivity index (χ1n) is 6.44. The average molecular weight is 317 g/mol. The maximum absolute atomic E-state index is 12.0. The van der Waals surface area contributed by atoms with Crippen molar-refractivity contribution in [2.24, 2.45) is 0 Å². The number of nitro benzene ring substituents is 1. The molecule has 0 aliphatic carbocycles. The quantitative estimate of drug-likeness (QED) is 0.451. The van der Waals surface area contributed by atoms with Gasteiger partial charge >= 0.3 is 0 Å². The second-order valence-corrected chi connectivity index (χ2v) is 4.38. The smallest absolute Gasteiger partial charge is 0.270 e. The number of amides is 1. The van der Waals surface area contributed by atoms with E-state index in [0.717, 1.165) is 6.07 Å². The summed E-state index contributed by atoms with van der Waals surface area (Å²) in [5, 5.41) is 13.2. The number of nitrogens with one attached hydrogen (secondary N) is 1. The molecule has 0 fully saturated rings. The Kier molecular flexibility index (Phi) is 7.07. The summed E-state index contributed by atoms with van der Waals surface area (Å²) in [6.45, 7) is 4.72. The van der Waals surface area contributed by atoms with Crippen LogP contribution in [-0.2, 0) is 9.47 Å². The van der Waals surface area contributed by atoms with E-state index in [2.05, 4.69) is 5.32 Å². The van der Waals surface area contributed by atoms with Gasteiger partial charge in [-0.1, -0.05) is 11.6 Å². The van der Waals surface area contributed by atoms with Crippen LogP contribution in [0.5, 0.6) is 0 Å². The Balaban J connectivity index is 2.69. The maximum atomic E-state index is 12.0. The molecule has 0 aliphatic rings. The van der Waals surface area contributed by atoms with Gasteiger partial charge in [-0.25, -0.2) is 0 Å². The van der Waals surface area contributed by atoms with Crippen LogP contribution >= 0.6 is 11.6 Å². The molecular weight excluding hydrogens is 300 g/mol. The highest BCUT2D eigenvalue weighted by Gasteiger charge is 2.16. The van der Waals surface area contributed by atoms with Crippen molar-refractivity contribution >= 4 is 23.2 Å². The first-order valence-corrected chi connectivity index (χ1v) is 6.82. The number of benzene rings is 1. The minimum Gasteiger partial charge on any atom is -0.351 e. The van der Waals surface area contributed by atoms with Crippen molar-refractivity contribution in [3.63, 3.8) is 0 Å². The highest BCUT2D eigenvalue weighted by atomic mass is 35.5. The molecule has 0 saturated heterocycles. The number of non-ortho nitro benzene ring substituents is 1. The molecule has 0 unspecified atom stereocenters. The van der Waals surface area contributed by atoms with E-state index in [9.17, 15) is 14.9 Å². The Morgan fingerprint density at radius 3 is 2.48 bits per heavy atom. The third-order valence-electron chi connectivity index (χ3n) is 2.54. The highest BCUT2D eigenvalue weighted by Crippen LogP contribution is 2.22. The first kappa shape index (κ1) is 17.4. The number of halogens is 1. The van der Waals surface area contributed by atoms with Crippen molar-refractivity contribution in [2.45, 2.75) is 20.1 Å². The highest BCUT2D eigenvalue weighted by molar-refractivity contribution is 6.34. The number of nitrogens with zero attached hydrogens (tertiary/aromatic N) is 1. The molecule has 8 heteroatoms. The van der Waals surface area contributed by atoms with Crippen LogP contribution in [0.1, 0.15) is 24.2 Å². The number of nitro groups is 1. The van der Waals surface area contributed by atoms with E-state index in [1.54, 1.807) is 0 Å². The Bertz CT molecular complexity index is 503. The summed E-state index contributed by atoms with van der Waals surface area (Å²) in [5.74, 6) is -0.445. The monoisotopic (exact) mass is 316 g/mol. The summed E-state index contributed by atoms with van der Waals surface area (Å²) in [7, 11) is 0. The summed E-state index contributed by atoms with van der Waals surface area (Å²) in [6.07, 6.45) is -0.541. The molecule has 1 aromatic rings. The summed E-state index contributed by atoms with van der Waals surface area (Å²) in [5.41, 5.74) is -0.00734. The van der Waals surface area contributed by atoms with Crippen LogP contribution in [0.2, 0.25) is 5.02 Å². The van der Waals surface area contributed by atoms with Gasteiger partial charge in [0, 0.05) is 25.3 Å². The molecule has 1 amide bonds. The van der Waals surface area contributed by atoms with E-state index in [-0.39, 0.29) is 22.8 Å². The fraction of sp³-hybridized carbons (Fsp3) is 0.462. The van der Waals surface area contributed by atoms with Gasteiger partial charge in [0.1, 0.15) is 0 Å². The van der Waals surface area contributed by atoms with Crippen LogP contribution in [0.15, 0.2) is 18.2 Å². The summed E-state index contributed by atoms with van der Waals surface area (Å²) < 4.78 is 10.6. The third-order valence-corrected chi connectivity index (χ3v) is 2.86. The Hall–Kier alpha value is -1.70. The van der Waals surface area contributed by atoms with Gasteiger partial charge in [-0.05, 0) is 19.9 Å². The number of hydrogen-bond acceptors (Lipinski definition) is 5. The van der Waals surface area contributed by atoms with Crippen molar-refractivity contribution in [3.05, 3.63) is 38.9 Å². The van der Waals surface area contributed by atoms with E-state index in [4.69, 9.17) is 21.1 Å². The van der Waals surface area contributed by atoms with E-state index >= 15 is 0 Å². The second kappa shape index (κ2) is 8.56. The lowest BCUT2D eigenvalue weighted by Crippen LogP contribution is -2.35. The third kappa shape index (κ3) is 5.30. The van der Waals surface area contributed by atoms with Crippen molar-refractivity contribution in [2.75, 3.05) is 19.8 Å². The molecule has 0 spiro atoms. The summed E-state index contributed by atoms with van der Waals surface area (Å²) in [4.78, 5) is 22.0. The minimum absolute atomic E-state index is 0.0195. The molecule has 7 nitrogen and oxygen atoms in total. The van der Waals surface area contributed by atoms with Gasteiger partial charge in [-0.15, -0.1) is 0 Å². The first-order chi connectivity index (χ1) is 9.99. The Morgan fingerprint density at radius 1 is 1.38 bits per heavy atom. The molecule has 21 heavy (non-hydrogen) atoms. The Labute approximate surface area is 127 Å². The second-order valence-electron chi connectivity index (χ2n) is 3.97. The van der Waals surface area contributed by atoms with Gasteiger partial charge < -0.3 is 14.8 Å². The van der Waals surface area contributed by atoms with Gasteiger partial charge in [-0.3, -0.25) is 14.9 Å². The van der Waals surface area contributed by atoms with E-state index < -0.39 is 17.1 Å². The standard InChI is InChI=1S/C13H17ClN2O5/c1-3-20-12(21-4-2)8-15-13(17)10-6-5-9(16(18)19)7-11(10)14/h5-7,12H,3-4,8H2,1-2H3,(H,15,17). The van der Waals surface area contributed by atoms with E-state index in [1.165, 1.54) is 12.1 Å². The molecule has 1 rings (SSSR count). The molecule has 1 aromatic carbocycles. The van der Waals surface area contributed by atoms with Crippen molar-refractivity contribution < 1.29 is 19.2 Å². The Morgan fingerprint density at radius 2 is 2.00 bits per heavy atom. The van der Waals surface area contributed by atoms with Crippen molar-refractivity contribution in [1.82, 2.24) is 5.32 Å². The van der Waals surface area contributed by atoms with Gasteiger partial charge in [0.25, 0.3) is 11.6 Å². The number of hydrogen-bond donors (Lipinski definition) is 1.